The predicted octanol–water partition coefficient (Wildman–Crippen LogP) is 2.56. The van der Waals surface area contributed by atoms with E-state index in [4.69, 9.17) is 4.74 Å². The molecule has 3 rings (SSSR count). The van der Waals surface area contributed by atoms with E-state index in [1.165, 1.54) is 0 Å². The number of Topliss-reactive ketones (excluding diaryl/α,β-unsaturated/α-hetero) is 1. The summed E-state index contributed by atoms with van der Waals surface area (Å²) >= 11 is 0. The van der Waals surface area contributed by atoms with Crippen LogP contribution in [0, 0.1) is 11.6 Å². The van der Waals surface area contributed by atoms with E-state index in [1.54, 1.807) is 17.7 Å². The Morgan fingerprint density at radius 3 is 2.78 bits per heavy atom. The van der Waals surface area contributed by atoms with E-state index in [-0.39, 0.29) is 23.7 Å². The number of carbonyl (C=O) groups is 1. The zero-order valence-electron chi connectivity index (χ0n) is 9.88. The largest absolute Gasteiger partial charge is 0.474 e. The number of benzene rings is 1. The standard InChI is InChI=1S/C13H10F2NO2/c1-6-4-16-7(2)5-18-13-10(15)9(14)3-8(11(13)16)12(6)17/h3-4H,5H2,1-2H3/q+1. The van der Waals surface area contributed by atoms with Crippen LogP contribution in [0.1, 0.15) is 24.2 Å². The molecule has 5 heteroatoms. The molecule has 18 heavy (non-hydrogen) atoms. The van der Waals surface area contributed by atoms with Crippen molar-refractivity contribution in [3.8, 4) is 5.75 Å². The van der Waals surface area contributed by atoms with E-state index in [0.29, 0.717) is 11.3 Å². The molecule has 1 aromatic rings. The second kappa shape index (κ2) is 3.48. The lowest BCUT2D eigenvalue weighted by atomic mass is 9.97. The second-order valence-electron chi connectivity index (χ2n) is 4.43. The van der Waals surface area contributed by atoms with Gasteiger partial charge < -0.3 is 4.74 Å². The van der Waals surface area contributed by atoms with E-state index in [2.05, 4.69) is 0 Å². The molecule has 0 saturated heterocycles. The number of carbonyl (C=O) groups excluding carboxylic acids is 1. The molecular weight excluding hydrogens is 240 g/mol. The summed E-state index contributed by atoms with van der Waals surface area (Å²) in [5.41, 5.74) is 1.75. The molecular formula is C13H10F2NO2+. The molecule has 0 saturated carbocycles. The maximum Gasteiger partial charge on any atom is 0.267 e. The summed E-state index contributed by atoms with van der Waals surface area (Å²) in [6.45, 7) is 3.63. The van der Waals surface area contributed by atoms with Crippen LogP contribution in [-0.2, 0) is 0 Å². The zero-order valence-corrected chi connectivity index (χ0v) is 9.88. The SMILES string of the molecule is CC1=C[N+]2=C(C)COc3c(F)c(F)cc(c32)C1=O. The first-order valence-electron chi connectivity index (χ1n) is 5.50. The number of hydrogen-bond donors (Lipinski definition) is 0. The Labute approximate surface area is 102 Å². The molecule has 0 unspecified atom stereocenters. The first-order valence-corrected chi connectivity index (χ1v) is 5.50. The molecule has 0 radical (unpaired) electrons. The van der Waals surface area contributed by atoms with E-state index in [1.807, 2.05) is 6.92 Å². The lowest BCUT2D eigenvalue weighted by Crippen LogP contribution is -2.28. The van der Waals surface area contributed by atoms with Crippen LogP contribution < -0.4 is 4.74 Å². The highest BCUT2D eigenvalue weighted by molar-refractivity contribution is 6.12. The predicted molar refractivity (Wildman–Crippen MR) is 60.5 cm³/mol. The van der Waals surface area contributed by atoms with Crippen LogP contribution in [0.2, 0.25) is 0 Å². The molecule has 2 heterocycles. The van der Waals surface area contributed by atoms with Gasteiger partial charge in [-0.1, -0.05) is 0 Å². The van der Waals surface area contributed by atoms with Crippen LogP contribution >= 0.6 is 0 Å². The number of ketones is 1. The molecule has 0 spiro atoms. The Morgan fingerprint density at radius 1 is 1.33 bits per heavy atom. The number of hydrogen-bond acceptors (Lipinski definition) is 2. The summed E-state index contributed by atoms with van der Waals surface area (Å²) in [6, 6.07) is 0.932. The molecule has 0 bridgehead atoms. The molecule has 0 N–H and O–H groups in total. The summed E-state index contributed by atoms with van der Waals surface area (Å²) in [5, 5.41) is 0. The Hall–Kier alpha value is -2.04. The average molecular weight is 250 g/mol. The molecule has 2 aliphatic heterocycles. The van der Waals surface area contributed by atoms with Crippen LogP contribution in [0.3, 0.4) is 0 Å². The molecule has 3 nitrogen and oxygen atoms in total. The molecule has 0 amide bonds. The maximum absolute atomic E-state index is 13.7. The Bertz CT molecular complexity index is 659. The van der Waals surface area contributed by atoms with Crippen molar-refractivity contribution in [2.45, 2.75) is 13.8 Å². The summed E-state index contributed by atoms with van der Waals surface area (Å²) in [4.78, 5) is 12.0. The van der Waals surface area contributed by atoms with Gasteiger partial charge in [-0.2, -0.15) is 8.97 Å². The Morgan fingerprint density at radius 2 is 2.06 bits per heavy atom. The molecule has 0 aliphatic carbocycles. The van der Waals surface area contributed by atoms with Gasteiger partial charge in [0.1, 0.15) is 5.56 Å². The van der Waals surface area contributed by atoms with Gasteiger partial charge >= 0.3 is 0 Å². The van der Waals surface area contributed by atoms with Gasteiger partial charge in [0.05, 0.1) is 5.57 Å². The monoisotopic (exact) mass is 250 g/mol. The smallest absolute Gasteiger partial charge is 0.267 e. The number of allylic oxidation sites excluding steroid dienone is 1. The molecule has 0 fully saturated rings. The summed E-state index contributed by atoms with van der Waals surface area (Å²) in [5.74, 6) is -2.61. The third-order valence-corrected chi connectivity index (χ3v) is 3.15. The van der Waals surface area contributed by atoms with Crippen LogP contribution in [0.4, 0.5) is 14.5 Å². The third-order valence-electron chi connectivity index (χ3n) is 3.15. The van der Waals surface area contributed by atoms with Crippen LogP contribution in [0.15, 0.2) is 17.8 Å². The van der Waals surface area contributed by atoms with Gasteiger partial charge in [-0.15, -0.1) is 0 Å². The highest BCUT2D eigenvalue weighted by Gasteiger charge is 2.38. The summed E-state index contributed by atoms with van der Waals surface area (Å²) in [7, 11) is 0. The third kappa shape index (κ3) is 1.27. The number of halogens is 2. The van der Waals surface area contributed by atoms with Gasteiger partial charge in [0.2, 0.25) is 17.3 Å². The summed E-state index contributed by atoms with van der Waals surface area (Å²) < 4.78 is 34.0. The maximum atomic E-state index is 13.7. The molecule has 1 aromatic carbocycles. The van der Waals surface area contributed by atoms with Crippen molar-refractivity contribution in [3.63, 3.8) is 0 Å². The fourth-order valence-electron chi connectivity index (χ4n) is 2.21. The van der Waals surface area contributed by atoms with Crippen LogP contribution in [0.5, 0.6) is 5.75 Å². The van der Waals surface area contributed by atoms with E-state index < -0.39 is 11.6 Å². The van der Waals surface area contributed by atoms with E-state index in [9.17, 15) is 13.6 Å². The number of ether oxygens (including phenoxy) is 1. The van der Waals surface area contributed by atoms with Crippen molar-refractivity contribution >= 4 is 17.2 Å². The van der Waals surface area contributed by atoms with Gasteiger partial charge in [-0.05, 0) is 13.0 Å². The van der Waals surface area contributed by atoms with Crippen molar-refractivity contribution in [2.24, 2.45) is 0 Å². The zero-order chi connectivity index (χ0) is 13.0. The average Bonchev–Trinajstić information content (AvgIpc) is 2.34. The Balaban J connectivity index is 2.44. The first-order chi connectivity index (χ1) is 8.50. The second-order valence-corrected chi connectivity index (χ2v) is 4.43. The molecule has 92 valence electrons. The highest BCUT2D eigenvalue weighted by Crippen LogP contribution is 2.41. The van der Waals surface area contributed by atoms with Crippen molar-refractivity contribution in [3.05, 3.63) is 35.0 Å². The molecule has 0 atom stereocenters. The molecule has 0 aromatic heterocycles. The van der Waals surface area contributed by atoms with Crippen LogP contribution in [0.25, 0.3) is 0 Å². The van der Waals surface area contributed by atoms with Gasteiger partial charge in [-0.3, -0.25) is 4.79 Å². The first kappa shape index (κ1) is 11.1. The van der Waals surface area contributed by atoms with Gasteiger partial charge in [0.15, 0.2) is 24.3 Å². The van der Waals surface area contributed by atoms with Gasteiger partial charge in [0.25, 0.3) is 5.69 Å². The van der Waals surface area contributed by atoms with E-state index >= 15 is 0 Å². The van der Waals surface area contributed by atoms with Crippen molar-refractivity contribution in [1.29, 1.82) is 0 Å². The number of nitrogens with zero attached hydrogens (tertiary/aromatic N) is 1. The van der Waals surface area contributed by atoms with Crippen molar-refractivity contribution in [1.82, 2.24) is 0 Å². The topological polar surface area (TPSA) is 29.3 Å². The van der Waals surface area contributed by atoms with Crippen molar-refractivity contribution < 1.29 is 22.9 Å². The fourth-order valence-corrected chi connectivity index (χ4v) is 2.21. The van der Waals surface area contributed by atoms with Crippen LogP contribution in [-0.4, -0.2) is 22.7 Å². The summed E-state index contributed by atoms with van der Waals surface area (Å²) in [6.07, 6.45) is 1.63. The fraction of sp³-hybridized carbons (Fsp3) is 0.231. The van der Waals surface area contributed by atoms with Crippen molar-refractivity contribution in [2.75, 3.05) is 6.61 Å². The minimum atomic E-state index is -1.06. The normalized spacial score (nSPS) is 17.3. The lowest BCUT2D eigenvalue weighted by Gasteiger charge is -2.20. The highest BCUT2D eigenvalue weighted by atomic mass is 19.2. The quantitative estimate of drug-likeness (QED) is 0.662. The minimum absolute atomic E-state index is 0.142. The number of rotatable bonds is 0. The van der Waals surface area contributed by atoms with E-state index in [0.717, 1.165) is 11.8 Å². The van der Waals surface area contributed by atoms with Gasteiger partial charge in [-0.25, -0.2) is 4.39 Å². The van der Waals surface area contributed by atoms with Gasteiger partial charge in [0, 0.05) is 6.92 Å². The molecule has 2 aliphatic rings. The minimum Gasteiger partial charge on any atom is -0.474 e. The Kier molecular flexibility index (Phi) is 2.14. The lowest BCUT2D eigenvalue weighted by molar-refractivity contribution is -0.370.